The fourth-order valence-electron chi connectivity index (χ4n) is 3.76. The molecule has 0 atom stereocenters. The number of nitrogens with zero attached hydrogens (tertiary/aromatic N) is 3. The number of carbonyl (C=O) groups is 1. The van der Waals surface area contributed by atoms with Crippen LogP contribution in [0.25, 0.3) is 10.9 Å². The average Bonchev–Trinajstić information content (AvgIpc) is 2.68. The van der Waals surface area contributed by atoms with Gasteiger partial charge in [-0.25, -0.2) is 9.97 Å². The number of hydrogen-bond donors (Lipinski definition) is 1. The van der Waals surface area contributed by atoms with Gasteiger partial charge in [-0.3, -0.25) is 4.79 Å². The van der Waals surface area contributed by atoms with Gasteiger partial charge in [-0.2, -0.15) is 0 Å². The van der Waals surface area contributed by atoms with E-state index in [4.69, 9.17) is 4.74 Å². The van der Waals surface area contributed by atoms with Crippen LogP contribution >= 0.6 is 0 Å². The number of amides is 1. The molecule has 0 aliphatic carbocycles. The Bertz CT molecular complexity index is 732. The lowest BCUT2D eigenvalue weighted by molar-refractivity contribution is -0.126. The zero-order valence-corrected chi connectivity index (χ0v) is 14.4. The number of carbonyl (C=O) groups excluding carboxylic acids is 1. The van der Waals surface area contributed by atoms with E-state index in [-0.39, 0.29) is 17.9 Å². The highest BCUT2D eigenvalue weighted by Gasteiger charge is 2.28. The third kappa shape index (κ3) is 3.58. The van der Waals surface area contributed by atoms with Crippen molar-refractivity contribution in [2.75, 3.05) is 31.2 Å². The summed E-state index contributed by atoms with van der Waals surface area (Å²) in [5.74, 6) is 1.29. The molecule has 2 aliphatic rings. The van der Waals surface area contributed by atoms with Crippen molar-refractivity contribution in [1.29, 1.82) is 0 Å². The zero-order chi connectivity index (χ0) is 17.1. The smallest absolute Gasteiger partial charge is 0.223 e. The molecule has 1 N–H and O–H groups in total. The molecule has 1 aromatic heterocycles. The number of fused-ring (bicyclic) bond motifs is 1. The summed E-state index contributed by atoms with van der Waals surface area (Å²) in [5, 5.41) is 4.29. The first-order valence-electron chi connectivity index (χ1n) is 9.14. The molecular formula is C19H24N4O2. The van der Waals surface area contributed by atoms with E-state index in [1.54, 1.807) is 6.33 Å². The summed E-state index contributed by atoms with van der Waals surface area (Å²) in [7, 11) is 0. The second kappa shape index (κ2) is 7.35. The van der Waals surface area contributed by atoms with Crippen LogP contribution in [0.1, 0.15) is 25.7 Å². The van der Waals surface area contributed by atoms with Crippen LogP contribution in [-0.2, 0) is 9.53 Å². The van der Waals surface area contributed by atoms with E-state index in [1.165, 1.54) is 0 Å². The maximum atomic E-state index is 12.5. The molecule has 0 spiro atoms. The minimum Gasteiger partial charge on any atom is -0.381 e. The van der Waals surface area contributed by atoms with Crippen LogP contribution in [-0.4, -0.2) is 48.2 Å². The van der Waals surface area contributed by atoms with Gasteiger partial charge in [-0.15, -0.1) is 0 Å². The predicted octanol–water partition coefficient (Wildman–Crippen LogP) is 2.14. The fourth-order valence-corrected chi connectivity index (χ4v) is 3.76. The summed E-state index contributed by atoms with van der Waals surface area (Å²) >= 11 is 0. The molecule has 0 unspecified atom stereocenters. The third-order valence-corrected chi connectivity index (χ3v) is 5.25. The average molecular weight is 340 g/mol. The first-order valence-corrected chi connectivity index (χ1v) is 9.14. The van der Waals surface area contributed by atoms with Crippen molar-refractivity contribution in [3.8, 4) is 0 Å². The Labute approximate surface area is 147 Å². The summed E-state index contributed by atoms with van der Waals surface area (Å²) in [5.41, 5.74) is 0.965. The van der Waals surface area contributed by atoms with Crippen molar-refractivity contribution in [3.05, 3.63) is 30.6 Å². The Kier molecular flexibility index (Phi) is 4.78. The van der Waals surface area contributed by atoms with Gasteiger partial charge < -0.3 is 15.0 Å². The van der Waals surface area contributed by atoms with Crippen LogP contribution in [0.2, 0.25) is 0 Å². The molecular weight excluding hydrogens is 316 g/mol. The van der Waals surface area contributed by atoms with Crippen LogP contribution in [0.3, 0.4) is 0 Å². The highest BCUT2D eigenvalue weighted by atomic mass is 16.5. The van der Waals surface area contributed by atoms with Crippen LogP contribution < -0.4 is 10.2 Å². The summed E-state index contributed by atoms with van der Waals surface area (Å²) in [6.45, 7) is 3.22. The summed E-state index contributed by atoms with van der Waals surface area (Å²) in [6, 6.07) is 8.36. The van der Waals surface area contributed by atoms with E-state index in [1.807, 2.05) is 18.2 Å². The second-order valence-electron chi connectivity index (χ2n) is 6.87. The molecule has 4 rings (SSSR count). The maximum Gasteiger partial charge on any atom is 0.223 e. The van der Waals surface area contributed by atoms with Gasteiger partial charge >= 0.3 is 0 Å². The van der Waals surface area contributed by atoms with Crippen molar-refractivity contribution >= 4 is 22.6 Å². The van der Waals surface area contributed by atoms with Crippen LogP contribution in [0, 0.1) is 5.92 Å². The van der Waals surface area contributed by atoms with E-state index in [0.29, 0.717) is 0 Å². The molecule has 6 heteroatoms. The topological polar surface area (TPSA) is 67.3 Å². The second-order valence-corrected chi connectivity index (χ2v) is 6.87. The zero-order valence-electron chi connectivity index (χ0n) is 14.4. The van der Waals surface area contributed by atoms with Gasteiger partial charge in [-0.1, -0.05) is 12.1 Å². The summed E-state index contributed by atoms with van der Waals surface area (Å²) in [4.78, 5) is 23.6. The quantitative estimate of drug-likeness (QED) is 0.927. The molecule has 2 aliphatic heterocycles. The summed E-state index contributed by atoms with van der Waals surface area (Å²) < 4.78 is 5.35. The first-order chi connectivity index (χ1) is 12.3. The number of benzene rings is 1. The van der Waals surface area contributed by atoms with Crippen molar-refractivity contribution in [1.82, 2.24) is 15.3 Å². The van der Waals surface area contributed by atoms with Crippen molar-refractivity contribution in [2.24, 2.45) is 5.92 Å². The van der Waals surface area contributed by atoms with E-state index >= 15 is 0 Å². The number of aromatic nitrogens is 2. The lowest BCUT2D eigenvalue weighted by Gasteiger charge is -2.33. The molecule has 0 bridgehead atoms. The van der Waals surface area contributed by atoms with Gasteiger partial charge in [0.2, 0.25) is 5.91 Å². The van der Waals surface area contributed by atoms with Crippen molar-refractivity contribution < 1.29 is 9.53 Å². The Morgan fingerprint density at radius 2 is 1.84 bits per heavy atom. The van der Waals surface area contributed by atoms with Gasteiger partial charge in [0, 0.05) is 43.6 Å². The first kappa shape index (κ1) is 16.3. The molecule has 2 fully saturated rings. The van der Waals surface area contributed by atoms with E-state index in [2.05, 4.69) is 26.3 Å². The largest absolute Gasteiger partial charge is 0.381 e. The summed E-state index contributed by atoms with van der Waals surface area (Å²) in [6.07, 6.45) is 5.22. The van der Waals surface area contributed by atoms with Gasteiger partial charge in [-0.05, 0) is 37.8 Å². The molecule has 6 nitrogen and oxygen atoms in total. The monoisotopic (exact) mass is 340 g/mol. The van der Waals surface area contributed by atoms with Gasteiger partial charge in [0.1, 0.15) is 12.1 Å². The number of nitrogens with one attached hydrogen (secondary N) is 1. The SMILES string of the molecule is O=C(NC1CCOCC1)C1CCN(c2ncnc3ccccc23)CC1. The standard InChI is InChI=1S/C19H24N4O2/c24-19(22-15-7-11-25-12-8-15)14-5-9-23(10-6-14)18-16-3-1-2-4-17(16)20-13-21-18/h1-4,13-15H,5-12H2,(H,22,24). The molecule has 3 heterocycles. The van der Waals surface area contributed by atoms with Crippen LogP contribution in [0.4, 0.5) is 5.82 Å². The Hall–Kier alpha value is -2.21. The number of piperidine rings is 1. The normalized spacial score (nSPS) is 19.9. The molecule has 0 radical (unpaired) electrons. The van der Waals surface area contributed by atoms with Crippen LogP contribution in [0.15, 0.2) is 30.6 Å². The fraction of sp³-hybridized carbons (Fsp3) is 0.526. The Morgan fingerprint density at radius 1 is 1.08 bits per heavy atom. The van der Waals surface area contributed by atoms with E-state index in [0.717, 1.165) is 68.7 Å². The molecule has 132 valence electrons. The lowest BCUT2D eigenvalue weighted by Crippen LogP contribution is -2.45. The van der Waals surface area contributed by atoms with Crippen LogP contribution in [0.5, 0.6) is 0 Å². The molecule has 0 saturated carbocycles. The minimum atomic E-state index is 0.104. The maximum absolute atomic E-state index is 12.5. The molecule has 2 aromatic rings. The van der Waals surface area contributed by atoms with Gasteiger partial charge in [0.05, 0.1) is 5.52 Å². The number of rotatable bonds is 3. The third-order valence-electron chi connectivity index (χ3n) is 5.25. The number of para-hydroxylation sites is 1. The van der Waals surface area contributed by atoms with Gasteiger partial charge in [0.15, 0.2) is 0 Å². The predicted molar refractivity (Wildman–Crippen MR) is 96.5 cm³/mol. The molecule has 2 saturated heterocycles. The molecule has 1 aromatic carbocycles. The van der Waals surface area contributed by atoms with Crippen molar-refractivity contribution in [3.63, 3.8) is 0 Å². The number of ether oxygens (including phenoxy) is 1. The number of hydrogen-bond acceptors (Lipinski definition) is 5. The highest BCUT2D eigenvalue weighted by molar-refractivity contribution is 5.89. The van der Waals surface area contributed by atoms with Gasteiger partial charge in [0.25, 0.3) is 0 Å². The minimum absolute atomic E-state index is 0.104. The Morgan fingerprint density at radius 3 is 2.64 bits per heavy atom. The van der Waals surface area contributed by atoms with E-state index in [9.17, 15) is 4.79 Å². The number of anilines is 1. The van der Waals surface area contributed by atoms with Crippen molar-refractivity contribution in [2.45, 2.75) is 31.7 Å². The molecule has 1 amide bonds. The van der Waals surface area contributed by atoms with E-state index < -0.39 is 0 Å². The molecule has 25 heavy (non-hydrogen) atoms. The lowest BCUT2D eigenvalue weighted by atomic mass is 9.95. The highest BCUT2D eigenvalue weighted by Crippen LogP contribution is 2.27. The Balaban J connectivity index is 1.38.